The third-order valence-electron chi connectivity index (χ3n) is 3.51. The van der Waals surface area contributed by atoms with Gasteiger partial charge in [-0.05, 0) is 25.7 Å². The molecular formula is C11H20F3NO. The molecule has 0 spiro atoms. The van der Waals surface area contributed by atoms with E-state index in [0.29, 0.717) is 6.42 Å². The summed E-state index contributed by atoms with van der Waals surface area (Å²) < 4.78 is 41.4. The Hall–Kier alpha value is -0.290. The van der Waals surface area contributed by atoms with Gasteiger partial charge in [0, 0.05) is 19.6 Å². The fourth-order valence-electron chi connectivity index (χ4n) is 2.49. The molecule has 96 valence electrons. The van der Waals surface area contributed by atoms with Crippen molar-refractivity contribution in [2.75, 3.05) is 7.11 Å². The predicted octanol–water partition coefficient (Wildman–Crippen LogP) is 3.01. The quantitative estimate of drug-likeness (QED) is 0.800. The molecule has 0 saturated heterocycles. The second-order valence-corrected chi connectivity index (χ2v) is 4.59. The van der Waals surface area contributed by atoms with Crippen LogP contribution in [0.2, 0.25) is 0 Å². The molecule has 2 N–H and O–H groups in total. The number of alkyl halides is 3. The lowest BCUT2D eigenvalue weighted by molar-refractivity contribution is -0.136. The predicted molar refractivity (Wildman–Crippen MR) is 56.1 cm³/mol. The summed E-state index contributed by atoms with van der Waals surface area (Å²) in [6, 6.07) is -0.276. The summed E-state index contributed by atoms with van der Waals surface area (Å²) in [6.07, 6.45) is -0.492. The lowest BCUT2D eigenvalue weighted by Crippen LogP contribution is -2.47. The largest absolute Gasteiger partial charge is 0.389 e. The minimum Gasteiger partial charge on any atom is -0.377 e. The normalized spacial score (nSPS) is 22.3. The Morgan fingerprint density at radius 2 is 1.88 bits per heavy atom. The van der Waals surface area contributed by atoms with Crippen molar-refractivity contribution in [1.82, 2.24) is 0 Å². The van der Waals surface area contributed by atoms with Crippen LogP contribution in [-0.4, -0.2) is 24.9 Å². The van der Waals surface area contributed by atoms with E-state index in [1.54, 1.807) is 7.11 Å². The molecule has 1 aliphatic rings. The number of hydrogen-bond donors (Lipinski definition) is 1. The summed E-state index contributed by atoms with van der Waals surface area (Å²) >= 11 is 0. The maximum absolute atomic E-state index is 12.0. The van der Waals surface area contributed by atoms with Gasteiger partial charge in [-0.2, -0.15) is 13.2 Å². The second-order valence-electron chi connectivity index (χ2n) is 4.59. The highest BCUT2D eigenvalue weighted by Crippen LogP contribution is 2.36. The Labute approximate surface area is 94.3 Å². The summed E-state index contributed by atoms with van der Waals surface area (Å²) in [5.74, 6) is 0. The van der Waals surface area contributed by atoms with Crippen LogP contribution < -0.4 is 5.73 Å². The molecule has 0 bridgehead atoms. The number of hydrogen-bond acceptors (Lipinski definition) is 2. The Morgan fingerprint density at radius 3 is 2.31 bits per heavy atom. The van der Waals surface area contributed by atoms with Crippen molar-refractivity contribution < 1.29 is 17.9 Å². The van der Waals surface area contributed by atoms with E-state index in [0.717, 1.165) is 25.7 Å². The van der Waals surface area contributed by atoms with E-state index >= 15 is 0 Å². The van der Waals surface area contributed by atoms with E-state index in [2.05, 4.69) is 0 Å². The average Bonchev–Trinajstić information content (AvgIpc) is 2.65. The molecule has 1 rings (SSSR count). The zero-order valence-electron chi connectivity index (χ0n) is 9.65. The molecule has 16 heavy (non-hydrogen) atoms. The molecular weight excluding hydrogens is 219 g/mol. The Bertz CT molecular complexity index is 212. The summed E-state index contributed by atoms with van der Waals surface area (Å²) in [4.78, 5) is 0. The van der Waals surface area contributed by atoms with Gasteiger partial charge in [-0.15, -0.1) is 0 Å². The van der Waals surface area contributed by atoms with Gasteiger partial charge in [0.1, 0.15) is 0 Å². The molecule has 0 heterocycles. The maximum Gasteiger partial charge on any atom is 0.389 e. The molecule has 1 unspecified atom stereocenters. The first-order valence-electron chi connectivity index (χ1n) is 5.77. The highest BCUT2D eigenvalue weighted by molar-refractivity contribution is 4.95. The van der Waals surface area contributed by atoms with E-state index in [1.165, 1.54) is 0 Å². The smallest absolute Gasteiger partial charge is 0.377 e. The minimum atomic E-state index is -4.07. The zero-order valence-corrected chi connectivity index (χ0v) is 9.65. The topological polar surface area (TPSA) is 35.2 Å². The standard InChI is InChI=1S/C11H20F3NO/c1-16-10(6-2-3-7-10)9(15)5-4-8-11(12,13)14/h9H,2-8,15H2,1H3. The molecule has 0 aromatic rings. The van der Waals surface area contributed by atoms with Gasteiger partial charge in [0.25, 0.3) is 0 Å². The van der Waals surface area contributed by atoms with Gasteiger partial charge in [0.2, 0.25) is 0 Å². The SMILES string of the molecule is COC1(C(N)CCCC(F)(F)F)CCCC1. The molecule has 0 amide bonds. The number of methoxy groups -OCH3 is 1. The lowest BCUT2D eigenvalue weighted by atomic mass is 9.89. The molecule has 1 fully saturated rings. The van der Waals surface area contributed by atoms with Crippen molar-refractivity contribution in [1.29, 1.82) is 0 Å². The van der Waals surface area contributed by atoms with Crippen LogP contribution >= 0.6 is 0 Å². The van der Waals surface area contributed by atoms with Gasteiger partial charge in [-0.1, -0.05) is 12.8 Å². The molecule has 2 nitrogen and oxygen atoms in total. The van der Waals surface area contributed by atoms with Gasteiger partial charge in [-0.25, -0.2) is 0 Å². The summed E-state index contributed by atoms with van der Waals surface area (Å²) in [6.45, 7) is 0. The Morgan fingerprint density at radius 1 is 1.31 bits per heavy atom. The molecule has 0 aromatic carbocycles. The summed E-state index contributed by atoms with van der Waals surface area (Å²) in [5, 5.41) is 0. The third kappa shape index (κ3) is 3.63. The van der Waals surface area contributed by atoms with Crippen LogP contribution in [0.3, 0.4) is 0 Å². The Balaban J connectivity index is 2.36. The van der Waals surface area contributed by atoms with Gasteiger partial charge in [0.15, 0.2) is 0 Å². The van der Waals surface area contributed by atoms with Crippen molar-refractivity contribution in [2.24, 2.45) is 5.73 Å². The maximum atomic E-state index is 12.0. The monoisotopic (exact) mass is 239 g/mol. The van der Waals surface area contributed by atoms with Gasteiger partial charge in [0.05, 0.1) is 5.60 Å². The van der Waals surface area contributed by atoms with Gasteiger partial charge in [-0.3, -0.25) is 0 Å². The van der Waals surface area contributed by atoms with Crippen LogP contribution in [0.25, 0.3) is 0 Å². The first kappa shape index (κ1) is 13.8. The lowest BCUT2D eigenvalue weighted by Gasteiger charge is -2.34. The number of ether oxygens (including phenoxy) is 1. The summed E-state index contributed by atoms with van der Waals surface area (Å²) in [5.41, 5.74) is 5.59. The molecule has 1 aliphatic carbocycles. The second kappa shape index (κ2) is 5.36. The van der Waals surface area contributed by atoms with E-state index in [9.17, 15) is 13.2 Å². The van der Waals surface area contributed by atoms with Gasteiger partial charge >= 0.3 is 6.18 Å². The highest BCUT2D eigenvalue weighted by Gasteiger charge is 2.39. The van der Waals surface area contributed by atoms with Crippen LogP contribution in [0.15, 0.2) is 0 Å². The average molecular weight is 239 g/mol. The molecule has 0 radical (unpaired) electrons. The molecule has 0 aliphatic heterocycles. The molecule has 1 atom stereocenters. The zero-order chi connectivity index (χ0) is 12.2. The van der Waals surface area contributed by atoms with Crippen molar-refractivity contribution in [3.63, 3.8) is 0 Å². The molecule has 1 saturated carbocycles. The molecule has 5 heteroatoms. The van der Waals surface area contributed by atoms with E-state index in [4.69, 9.17) is 10.5 Å². The van der Waals surface area contributed by atoms with Crippen molar-refractivity contribution in [3.8, 4) is 0 Å². The van der Waals surface area contributed by atoms with Crippen molar-refractivity contribution >= 4 is 0 Å². The van der Waals surface area contributed by atoms with E-state index < -0.39 is 12.6 Å². The number of rotatable bonds is 5. The number of halogens is 3. The van der Waals surface area contributed by atoms with Crippen molar-refractivity contribution in [3.05, 3.63) is 0 Å². The van der Waals surface area contributed by atoms with Crippen LogP contribution in [0.5, 0.6) is 0 Å². The van der Waals surface area contributed by atoms with Crippen LogP contribution in [0, 0.1) is 0 Å². The third-order valence-corrected chi connectivity index (χ3v) is 3.51. The first-order chi connectivity index (χ1) is 7.40. The molecule has 0 aromatic heterocycles. The first-order valence-corrected chi connectivity index (χ1v) is 5.77. The van der Waals surface area contributed by atoms with Crippen molar-refractivity contribution in [2.45, 2.75) is 62.8 Å². The number of nitrogens with two attached hydrogens (primary N) is 1. The van der Waals surface area contributed by atoms with Crippen LogP contribution in [0.1, 0.15) is 44.9 Å². The van der Waals surface area contributed by atoms with E-state index in [1.807, 2.05) is 0 Å². The Kier molecular flexibility index (Phi) is 4.62. The highest BCUT2D eigenvalue weighted by atomic mass is 19.4. The van der Waals surface area contributed by atoms with E-state index in [-0.39, 0.29) is 18.1 Å². The summed E-state index contributed by atoms with van der Waals surface area (Å²) in [7, 11) is 1.61. The fourth-order valence-corrected chi connectivity index (χ4v) is 2.49. The minimum absolute atomic E-state index is 0.0930. The van der Waals surface area contributed by atoms with Crippen LogP contribution in [0.4, 0.5) is 13.2 Å². The van der Waals surface area contributed by atoms with Gasteiger partial charge < -0.3 is 10.5 Å². The fraction of sp³-hybridized carbons (Fsp3) is 1.00. The van der Waals surface area contributed by atoms with Crippen LogP contribution in [-0.2, 0) is 4.74 Å².